The third kappa shape index (κ3) is 4.86. The van der Waals surface area contributed by atoms with E-state index in [1.54, 1.807) is 0 Å². The van der Waals surface area contributed by atoms with Gasteiger partial charge in [0.15, 0.2) is 0 Å². The molecule has 29 heavy (non-hydrogen) atoms. The van der Waals surface area contributed by atoms with Gasteiger partial charge in [0.25, 0.3) is 0 Å². The van der Waals surface area contributed by atoms with Crippen molar-refractivity contribution in [3.05, 3.63) is 101 Å². The Hall–Kier alpha value is -2.63. The number of anilines is 1. The van der Waals surface area contributed by atoms with Gasteiger partial charge in [-0.2, -0.15) is 0 Å². The summed E-state index contributed by atoms with van der Waals surface area (Å²) in [6, 6.07) is 28.9. The maximum absolute atomic E-state index is 12.6. The highest BCUT2D eigenvalue weighted by atomic mass is 79.9. The molecule has 1 N–H and O–H groups in total. The molecule has 4 rings (SSSR count). The van der Waals surface area contributed by atoms with E-state index in [9.17, 15) is 4.79 Å². The largest absolute Gasteiger partial charge is 0.322 e. The number of rotatable bonds is 4. The van der Waals surface area contributed by atoms with Crippen LogP contribution in [0.3, 0.4) is 0 Å². The van der Waals surface area contributed by atoms with Gasteiger partial charge in [-0.05, 0) is 35.4 Å². The van der Waals surface area contributed by atoms with Crippen LogP contribution in [0, 0.1) is 0 Å². The van der Waals surface area contributed by atoms with Crippen molar-refractivity contribution in [3.8, 4) is 0 Å². The molecule has 3 aromatic carbocycles. The fourth-order valence-corrected chi connectivity index (χ4v) is 4.07. The molecular formula is C24H24BrN3O. The summed E-state index contributed by atoms with van der Waals surface area (Å²) in [7, 11) is 0. The third-order valence-corrected chi connectivity index (χ3v) is 5.82. The van der Waals surface area contributed by atoms with Crippen molar-refractivity contribution in [2.75, 3.05) is 31.5 Å². The number of amides is 2. The fraction of sp³-hybridized carbons (Fsp3) is 0.208. The lowest BCUT2D eigenvalue weighted by atomic mass is 9.96. The number of halogens is 1. The van der Waals surface area contributed by atoms with Gasteiger partial charge in [-0.25, -0.2) is 4.79 Å². The van der Waals surface area contributed by atoms with E-state index < -0.39 is 0 Å². The van der Waals surface area contributed by atoms with Gasteiger partial charge in [-0.3, -0.25) is 4.90 Å². The van der Waals surface area contributed by atoms with Crippen molar-refractivity contribution in [2.24, 2.45) is 0 Å². The van der Waals surface area contributed by atoms with Crippen LogP contribution in [-0.4, -0.2) is 42.0 Å². The smallest absolute Gasteiger partial charge is 0.321 e. The number of benzene rings is 3. The van der Waals surface area contributed by atoms with Crippen LogP contribution >= 0.6 is 15.9 Å². The number of nitrogens with zero attached hydrogens (tertiary/aromatic N) is 2. The highest BCUT2D eigenvalue weighted by molar-refractivity contribution is 9.10. The first-order chi connectivity index (χ1) is 14.2. The first-order valence-electron chi connectivity index (χ1n) is 9.86. The molecular weight excluding hydrogens is 426 g/mol. The Morgan fingerprint density at radius 2 is 1.31 bits per heavy atom. The topological polar surface area (TPSA) is 35.6 Å². The van der Waals surface area contributed by atoms with Crippen LogP contribution < -0.4 is 5.32 Å². The van der Waals surface area contributed by atoms with Crippen LogP contribution in [-0.2, 0) is 0 Å². The zero-order valence-corrected chi connectivity index (χ0v) is 17.8. The molecule has 1 atom stereocenters. The number of urea groups is 1. The zero-order valence-electron chi connectivity index (χ0n) is 16.2. The molecule has 148 valence electrons. The minimum absolute atomic E-state index is 0.0317. The van der Waals surface area contributed by atoms with E-state index >= 15 is 0 Å². The molecule has 3 aromatic rings. The Morgan fingerprint density at radius 1 is 0.759 bits per heavy atom. The van der Waals surface area contributed by atoms with Gasteiger partial charge in [0.05, 0.1) is 6.04 Å². The van der Waals surface area contributed by atoms with Crippen LogP contribution in [0.25, 0.3) is 0 Å². The first kappa shape index (κ1) is 19.7. The Bertz CT molecular complexity index is 923. The number of nitrogens with one attached hydrogen (secondary N) is 1. The highest BCUT2D eigenvalue weighted by Gasteiger charge is 2.28. The Labute approximate surface area is 180 Å². The molecule has 1 heterocycles. The Morgan fingerprint density at radius 3 is 1.93 bits per heavy atom. The van der Waals surface area contributed by atoms with E-state index in [0.29, 0.717) is 13.1 Å². The predicted octanol–water partition coefficient (Wildman–Crippen LogP) is 5.39. The molecule has 0 unspecified atom stereocenters. The summed E-state index contributed by atoms with van der Waals surface area (Å²) < 4.78 is 1.08. The van der Waals surface area contributed by atoms with Crippen LogP contribution in [0.15, 0.2) is 89.4 Å². The summed E-state index contributed by atoms with van der Waals surface area (Å²) in [5.74, 6) is 0. The van der Waals surface area contributed by atoms with Gasteiger partial charge in [-0.1, -0.05) is 76.6 Å². The number of para-hydroxylation sites is 1. The molecule has 4 nitrogen and oxygen atoms in total. The molecule has 0 saturated carbocycles. The molecule has 0 spiro atoms. The molecule has 0 bridgehead atoms. The maximum atomic E-state index is 12.6. The molecule has 0 aliphatic carbocycles. The Balaban J connectivity index is 1.47. The molecule has 1 aliphatic heterocycles. The van der Waals surface area contributed by atoms with Crippen molar-refractivity contribution in [1.29, 1.82) is 0 Å². The first-order valence-corrected chi connectivity index (χ1v) is 10.7. The number of carbonyl (C=O) groups is 1. The summed E-state index contributed by atoms with van der Waals surface area (Å²) in [5.41, 5.74) is 3.37. The predicted molar refractivity (Wildman–Crippen MR) is 121 cm³/mol. The quantitative estimate of drug-likeness (QED) is 0.579. The van der Waals surface area contributed by atoms with Crippen molar-refractivity contribution in [1.82, 2.24) is 9.80 Å². The highest BCUT2D eigenvalue weighted by Crippen LogP contribution is 2.30. The second-order valence-electron chi connectivity index (χ2n) is 7.18. The zero-order chi connectivity index (χ0) is 20.1. The van der Waals surface area contributed by atoms with E-state index in [-0.39, 0.29) is 12.1 Å². The van der Waals surface area contributed by atoms with Crippen LogP contribution in [0.5, 0.6) is 0 Å². The van der Waals surface area contributed by atoms with Gasteiger partial charge in [-0.15, -0.1) is 0 Å². The lowest BCUT2D eigenvalue weighted by Gasteiger charge is -2.39. The van der Waals surface area contributed by atoms with Gasteiger partial charge < -0.3 is 10.2 Å². The minimum Gasteiger partial charge on any atom is -0.322 e. The molecule has 0 radical (unpaired) electrons. The van der Waals surface area contributed by atoms with Gasteiger partial charge in [0.2, 0.25) is 0 Å². The van der Waals surface area contributed by atoms with Crippen molar-refractivity contribution >= 4 is 27.6 Å². The fourth-order valence-electron chi connectivity index (χ4n) is 3.80. The third-order valence-electron chi connectivity index (χ3n) is 5.29. The number of hydrogen-bond acceptors (Lipinski definition) is 2. The normalized spacial score (nSPS) is 15.7. The minimum atomic E-state index is -0.0317. The standard InChI is InChI=1S/C24H24BrN3O/c25-21-13-11-20(12-14-21)23(19-7-3-1-4-8-19)27-15-17-28(18-16-27)24(29)26-22-9-5-2-6-10-22/h1-14,23H,15-18H2,(H,26,29)/t23-/m0/s1. The monoisotopic (exact) mass is 449 g/mol. The van der Waals surface area contributed by atoms with E-state index in [4.69, 9.17) is 0 Å². The van der Waals surface area contributed by atoms with Crippen LogP contribution in [0.2, 0.25) is 0 Å². The van der Waals surface area contributed by atoms with Crippen molar-refractivity contribution in [2.45, 2.75) is 6.04 Å². The summed E-state index contributed by atoms with van der Waals surface area (Å²) in [5, 5.41) is 2.99. The number of piperazine rings is 1. The lowest BCUT2D eigenvalue weighted by Crippen LogP contribution is -2.51. The van der Waals surface area contributed by atoms with Gasteiger partial charge in [0.1, 0.15) is 0 Å². The molecule has 1 aliphatic rings. The van der Waals surface area contributed by atoms with E-state index in [2.05, 4.69) is 74.7 Å². The van der Waals surface area contributed by atoms with Crippen LogP contribution in [0.1, 0.15) is 17.2 Å². The van der Waals surface area contributed by atoms with E-state index in [1.807, 2.05) is 41.3 Å². The second-order valence-corrected chi connectivity index (χ2v) is 8.10. The van der Waals surface area contributed by atoms with E-state index in [0.717, 1.165) is 23.2 Å². The average Bonchev–Trinajstić information content (AvgIpc) is 2.77. The van der Waals surface area contributed by atoms with Gasteiger partial charge >= 0.3 is 6.03 Å². The summed E-state index contributed by atoms with van der Waals surface area (Å²) in [6.45, 7) is 3.08. The second kappa shape index (κ2) is 9.25. The number of carbonyl (C=O) groups excluding carboxylic acids is 1. The molecule has 0 aromatic heterocycles. The van der Waals surface area contributed by atoms with Crippen LogP contribution in [0.4, 0.5) is 10.5 Å². The maximum Gasteiger partial charge on any atom is 0.321 e. The van der Waals surface area contributed by atoms with E-state index in [1.165, 1.54) is 11.1 Å². The lowest BCUT2D eigenvalue weighted by molar-refractivity contribution is 0.126. The summed E-state index contributed by atoms with van der Waals surface area (Å²) >= 11 is 3.53. The molecule has 1 saturated heterocycles. The van der Waals surface area contributed by atoms with Crippen molar-refractivity contribution in [3.63, 3.8) is 0 Å². The molecule has 5 heteroatoms. The Kier molecular flexibility index (Phi) is 6.27. The van der Waals surface area contributed by atoms with Gasteiger partial charge in [0, 0.05) is 36.3 Å². The SMILES string of the molecule is O=C(Nc1ccccc1)N1CCN([C@@H](c2ccccc2)c2ccc(Br)cc2)CC1. The molecule has 2 amide bonds. The number of hydrogen-bond donors (Lipinski definition) is 1. The average molecular weight is 450 g/mol. The molecule has 1 fully saturated rings. The van der Waals surface area contributed by atoms with Crippen molar-refractivity contribution < 1.29 is 4.79 Å². The summed E-state index contributed by atoms with van der Waals surface area (Å²) in [4.78, 5) is 17.0. The summed E-state index contributed by atoms with van der Waals surface area (Å²) in [6.07, 6.45) is 0.